The summed E-state index contributed by atoms with van der Waals surface area (Å²) < 4.78 is 6.11. The number of benzene rings is 2. The average Bonchev–Trinajstić information content (AvgIpc) is 3.33. The number of aryl methyl sites for hydroxylation is 1. The van der Waals surface area contributed by atoms with Gasteiger partial charge in [-0.15, -0.1) is 16.4 Å². The van der Waals surface area contributed by atoms with Crippen LogP contribution in [0.25, 0.3) is 11.6 Å². The summed E-state index contributed by atoms with van der Waals surface area (Å²) in [6, 6.07) is 17.2. The predicted molar refractivity (Wildman–Crippen MR) is 120 cm³/mol. The first-order valence-electron chi connectivity index (χ1n) is 9.35. The van der Waals surface area contributed by atoms with Crippen molar-refractivity contribution >= 4 is 46.3 Å². The van der Waals surface area contributed by atoms with Gasteiger partial charge in [-0.1, -0.05) is 65.2 Å². The van der Waals surface area contributed by atoms with E-state index >= 15 is 0 Å². The van der Waals surface area contributed by atoms with Crippen LogP contribution in [0, 0.1) is 6.92 Å². The number of thiazole rings is 1. The number of hydrogen-bond donors (Lipinski definition) is 2. The first kappa shape index (κ1) is 19.4. The number of amides is 1. The number of aromatic nitrogens is 3. The molecule has 0 saturated heterocycles. The van der Waals surface area contributed by atoms with E-state index in [4.69, 9.17) is 21.0 Å². The van der Waals surface area contributed by atoms with Gasteiger partial charge >= 0.3 is 6.01 Å². The highest BCUT2D eigenvalue weighted by atomic mass is 35.5. The number of para-hydroxylation sites is 1. The van der Waals surface area contributed by atoms with Gasteiger partial charge in [0, 0.05) is 11.1 Å². The third-order valence-electron chi connectivity index (χ3n) is 4.57. The molecule has 0 unspecified atom stereocenters. The lowest BCUT2D eigenvalue weighted by Crippen LogP contribution is -2.32. The second-order valence-electron chi connectivity index (χ2n) is 6.69. The molecule has 0 bridgehead atoms. The Hall–Kier alpha value is -3.56. The SMILES string of the molecule is Cc1nc(-c2nnc(N[C@H]3N=C(c4ccccc4)c4ccccc4NC3=O)o2)c(Cl)s1. The number of aliphatic imine (C=N–C) groups is 1. The molecule has 1 amide bonds. The number of anilines is 2. The Balaban J connectivity index is 1.51. The molecule has 0 aliphatic carbocycles. The van der Waals surface area contributed by atoms with Gasteiger partial charge in [-0.05, 0) is 13.0 Å². The summed E-state index contributed by atoms with van der Waals surface area (Å²) in [7, 11) is 0. The van der Waals surface area contributed by atoms with Crippen LogP contribution in [-0.2, 0) is 4.79 Å². The van der Waals surface area contributed by atoms with E-state index < -0.39 is 6.17 Å². The summed E-state index contributed by atoms with van der Waals surface area (Å²) in [6.45, 7) is 1.84. The van der Waals surface area contributed by atoms with Crippen molar-refractivity contribution in [1.29, 1.82) is 0 Å². The highest BCUT2D eigenvalue weighted by Gasteiger charge is 2.27. The zero-order valence-electron chi connectivity index (χ0n) is 16.2. The monoisotopic (exact) mass is 450 g/mol. The van der Waals surface area contributed by atoms with Crippen molar-refractivity contribution in [3.8, 4) is 11.6 Å². The van der Waals surface area contributed by atoms with Gasteiger partial charge in [0.1, 0.15) is 4.34 Å². The molecule has 0 saturated carbocycles. The summed E-state index contributed by atoms with van der Waals surface area (Å²) in [6.07, 6.45) is -0.983. The van der Waals surface area contributed by atoms with E-state index in [1.54, 1.807) is 0 Å². The molecule has 1 aliphatic heterocycles. The van der Waals surface area contributed by atoms with Crippen LogP contribution >= 0.6 is 22.9 Å². The maximum absolute atomic E-state index is 12.9. The molecule has 154 valence electrons. The van der Waals surface area contributed by atoms with E-state index in [0.717, 1.165) is 16.1 Å². The van der Waals surface area contributed by atoms with Crippen LogP contribution in [0.15, 0.2) is 64.0 Å². The number of halogens is 1. The minimum atomic E-state index is -0.983. The summed E-state index contributed by atoms with van der Waals surface area (Å²) in [4.78, 5) is 21.9. The standard InChI is InChI=1S/C21H15ClN6O2S/c1-11-23-16(17(22)31-11)20-27-28-21(30-20)26-18-19(29)24-14-10-6-5-9-13(14)15(25-18)12-7-3-2-4-8-12/h2-10,18H,1H3,(H,24,29)(H,26,28)/t18-/m1/s1. The number of nitrogens with one attached hydrogen (secondary N) is 2. The van der Waals surface area contributed by atoms with Gasteiger partial charge in [0.15, 0.2) is 5.69 Å². The Bertz CT molecular complexity index is 1300. The van der Waals surface area contributed by atoms with Gasteiger partial charge < -0.3 is 15.1 Å². The topological polar surface area (TPSA) is 105 Å². The maximum Gasteiger partial charge on any atom is 0.317 e. The summed E-state index contributed by atoms with van der Waals surface area (Å²) in [5, 5.41) is 14.6. The zero-order chi connectivity index (χ0) is 21.4. The summed E-state index contributed by atoms with van der Waals surface area (Å²) >= 11 is 7.51. The molecule has 31 heavy (non-hydrogen) atoms. The van der Waals surface area contributed by atoms with E-state index in [1.165, 1.54) is 11.3 Å². The second-order valence-corrected chi connectivity index (χ2v) is 8.50. The summed E-state index contributed by atoms with van der Waals surface area (Å²) in [5.41, 5.74) is 3.47. The van der Waals surface area contributed by atoms with Crippen molar-refractivity contribution in [3.63, 3.8) is 0 Å². The second kappa shape index (κ2) is 7.93. The van der Waals surface area contributed by atoms with Gasteiger partial charge in [0.25, 0.3) is 11.8 Å². The van der Waals surface area contributed by atoms with Crippen LogP contribution in [0.2, 0.25) is 4.34 Å². The van der Waals surface area contributed by atoms with Crippen LogP contribution in [-0.4, -0.2) is 33.0 Å². The van der Waals surface area contributed by atoms with Gasteiger partial charge in [-0.25, -0.2) is 9.98 Å². The Labute approximate surface area is 186 Å². The normalized spacial score (nSPS) is 15.6. The molecule has 4 aromatic rings. The van der Waals surface area contributed by atoms with Gasteiger partial charge in [-0.2, -0.15) is 0 Å². The Morgan fingerprint density at radius 1 is 1.10 bits per heavy atom. The number of fused-ring (bicyclic) bond motifs is 1. The number of nitrogens with zero attached hydrogens (tertiary/aromatic N) is 4. The molecule has 5 rings (SSSR count). The molecule has 0 fully saturated rings. The number of benzodiazepines with no additional fused rings is 1. The molecule has 8 nitrogen and oxygen atoms in total. The minimum absolute atomic E-state index is 0.0407. The first-order valence-corrected chi connectivity index (χ1v) is 10.5. The van der Waals surface area contributed by atoms with E-state index in [1.807, 2.05) is 61.5 Å². The smallest absolute Gasteiger partial charge is 0.317 e. The molecule has 0 radical (unpaired) electrons. The maximum atomic E-state index is 12.9. The summed E-state index contributed by atoms with van der Waals surface area (Å²) in [5.74, 6) is -0.179. The fraction of sp³-hybridized carbons (Fsp3) is 0.0952. The van der Waals surface area contributed by atoms with Gasteiger partial charge in [0.05, 0.1) is 16.4 Å². The molecule has 10 heteroatoms. The molecule has 2 aromatic heterocycles. The van der Waals surface area contributed by atoms with E-state index in [0.29, 0.717) is 21.4 Å². The lowest BCUT2D eigenvalue weighted by Gasteiger charge is -2.11. The van der Waals surface area contributed by atoms with Crippen molar-refractivity contribution in [1.82, 2.24) is 15.2 Å². The molecule has 2 N–H and O–H groups in total. The average molecular weight is 451 g/mol. The quantitative estimate of drug-likeness (QED) is 0.478. The van der Waals surface area contributed by atoms with Crippen LogP contribution < -0.4 is 10.6 Å². The third-order valence-corrected chi connectivity index (χ3v) is 5.74. The highest BCUT2D eigenvalue weighted by Crippen LogP contribution is 2.32. The number of rotatable bonds is 4. The fourth-order valence-corrected chi connectivity index (χ4v) is 4.29. The Morgan fingerprint density at radius 3 is 2.65 bits per heavy atom. The first-order chi connectivity index (χ1) is 15.1. The Kier molecular flexibility index (Phi) is 4.97. The lowest BCUT2D eigenvalue weighted by atomic mass is 10.0. The van der Waals surface area contributed by atoms with E-state index in [9.17, 15) is 4.79 Å². The minimum Gasteiger partial charge on any atom is -0.402 e. The zero-order valence-corrected chi connectivity index (χ0v) is 17.7. The molecule has 2 aromatic carbocycles. The molecule has 1 atom stereocenters. The van der Waals surface area contributed by atoms with Gasteiger partial charge in [-0.3, -0.25) is 4.79 Å². The van der Waals surface area contributed by atoms with E-state index in [2.05, 4.69) is 25.8 Å². The van der Waals surface area contributed by atoms with Gasteiger partial charge in [0.2, 0.25) is 6.17 Å². The molecular formula is C21H15ClN6O2S. The largest absolute Gasteiger partial charge is 0.402 e. The number of carbonyl (C=O) groups excluding carboxylic acids is 1. The Morgan fingerprint density at radius 2 is 1.87 bits per heavy atom. The van der Waals surface area contributed by atoms with Crippen LogP contribution in [0.5, 0.6) is 0 Å². The third kappa shape index (κ3) is 3.80. The van der Waals surface area contributed by atoms with E-state index in [-0.39, 0.29) is 17.8 Å². The van der Waals surface area contributed by atoms with Crippen molar-refractivity contribution in [2.45, 2.75) is 13.1 Å². The molecule has 0 spiro atoms. The lowest BCUT2D eigenvalue weighted by molar-refractivity contribution is -0.116. The molecule has 3 heterocycles. The fourth-order valence-electron chi connectivity index (χ4n) is 3.21. The predicted octanol–water partition coefficient (Wildman–Crippen LogP) is 4.38. The number of hydrogen-bond acceptors (Lipinski definition) is 8. The molecule has 1 aliphatic rings. The van der Waals surface area contributed by atoms with Crippen molar-refractivity contribution in [2.75, 3.05) is 10.6 Å². The number of carbonyl (C=O) groups is 1. The van der Waals surface area contributed by atoms with Crippen LogP contribution in [0.1, 0.15) is 16.1 Å². The van der Waals surface area contributed by atoms with Crippen molar-refractivity contribution in [3.05, 3.63) is 75.1 Å². The van der Waals surface area contributed by atoms with Crippen LogP contribution in [0.3, 0.4) is 0 Å². The molecular weight excluding hydrogens is 436 g/mol. The van der Waals surface area contributed by atoms with Crippen molar-refractivity contribution in [2.24, 2.45) is 4.99 Å². The van der Waals surface area contributed by atoms with Crippen LogP contribution in [0.4, 0.5) is 11.7 Å². The highest BCUT2D eigenvalue weighted by molar-refractivity contribution is 7.16. The van der Waals surface area contributed by atoms with Crippen molar-refractivity contribution < 1.29 is 9.21 Å².